The monoisotopic (exact) mass is 629 g/mol. The van der Waals surface area contributed by atoms with Crippen molar-refractivity contribution in [3.05, 3.63) is 99.5 Å². The van der Waals surface area contributed by atoms with Crippen LogP contribution in [0.25, 0.3) is 0 Å². The van der Waals surface area contributed by atoms with Crippen LogP contribution in [-0.2, 0) is 32.6 Å². The second kappa shape index (κ2) is 14.4. The summed E-state index contributed by atoms with van der Waals surface area (Å²) in [5.41, 5.74) is 2.49. The maximum Gasteiger partial charge on any atom is 0.244 e. The van der Waals surface area contributed by atoms with E-state index in [0.29, 0.717) is 26.9 Å². The van der Waals surface area contributed by atoms with Gasteiger partial charge in [-0.3, -0.25) is 13.9 Å². The maximum atomic E-state index is 14.3. The quantitative estimate of drug-likeness (QED) is 0.275. The second-order valence-electron chi connectivity index (χ2n) is 10.9. The molecule has 1 fully saturated rings. The summed E-state index contributed by atoms with van der Waals surface area (Å²) >= 11 is 12.7. The molecule has 1 N–H and O–H groups in total. The third-order valence-corrected chi connectivity index (χ3v) is 9.36. The highest BCUT2D eigenvalue weighted by atomic mass is 35.5. The maximum absolute atomic E-state index is 14.3. The molecule has 0 saturated heterocycles. The van der Waals surface area contributed by atoms with E-state index in [9.17, 15) is 18.0 Å². The van der Waals surface area contributed by atoms with Crippen molar-refractivity contribution in [2.24, 2.45) is 0 Å². The zero-order valence-corrected chi connectivity index (χ0v) is 26.3. The molecule has 1 aliphatic rings. The van der Waals surface area contributed by atoms with Crippen molar-refractivity contribution in [2.75, 3.05) is 17.1 Å². The summed E-state index contributed by atoms with van der Waals surface area (Å²) < 4.78 is 27.1. The van der Waals surface area contributed by atoms with Crippen molar-refractivity contribution in [1.29, 1.82) is 0 Å². The van der Waals surface area contributed by atoms with Crippen LogP contribution in [0.3, 0.4) is 0 Å². The lowest BCUT2D eigenvalue weighted by Gasteiger charge is -2.35. The molecular formula is C32H37Cl2N3O4S. The first-order valence-corrected chi connectivity index (χ1v) is 16.7. The first-order valence-electron chi connectivity index (χ1n) is 14.1. The van der Waals surface area contributed by atoms with Gasteiger partial charge in [0.15, 0.2) is 0 Å². The van der Waals surface area contributed by atoms with Gasteiger partial charge in [-0.1, -0.05) is 91.0 Å². The van der Waals surface area contributed by atoms with Crippen molar-refractivity contribution in [1.82, 2.24) is 10.2 Å². The van der Waals surface area contributed by atoms with Crippen molar-refractivity contribution >= 4 is 50.7 Å². The van der Waals surface area contributed by atoms with E-state index in [0.717, 1.165) is 48.2 Å². The molecule has 0 aromatic heterocycles. The Labute approximate surface area is 258 Å². The number of sulfonamides is 1. The highest BCUT2D eigenvalue weighted by Gasteiger charge is 2.34. The summed E-state index contributed by atoms with van der Waals surface area (Å²) in [5, 5.41) is 4.10. The van der Waals surface area contributed by atoms with Crippen LogP contribution in [0.2, 0.25) is 10.0 Å². The lowest BCUT2D eigenvalue weighted by atomic mass is 9.94. The van der Waals surface area contributed by atoms with Gasteiger partial charge in [-0.2, -0.15) is 0 Å². The number of anilines is 1. The molecule has 1 unspecified atom stereocenters. The van der Waals surface area contributed by atoms with E-state index < -0.39 is 28.5 Å². The predicted octanol–water partition coefficient (Wildman–Crippen LogP) is 6.16. The fraction of sp³-hybridized carbons (Fsp3) is 0.375. The van der Waals surface area contributed by atoms with Gasteiger partial charge in [0, 0.05) is 29.1 Å². The van der Waals surface area contributed by atoms with Crippen LogP contribution >= 0.6 is 23.2 Å². The Hall–Kier alpha value is -3.07. The van der Waals surface area contributed by atoms with Gasteiger partial charge >= 0.3 is 0 Å². The summed E-state index contributed by atoms with van der Waals surface area (Å²) in [6.07, 6.45) is 6.32. The van der Waals surface area contributed by atoms with Gasteiger partial charge in [0.2, 0.25) is 21.8 Å². The molecule has 1 saturated carbocycles. The van der Waals surface area contributed by atoms with E-state index in [1.165, 1.54) is 4.90 Å². The molecule has 1 aliphatic carbocycles. The molecule has 10 heteroatoms. The zero-order valence-electron chi connectivity index (χ0n) is 23.9. The molecule has 3 aromatic carbocycles. The van der Waals surface area contributed by atoms with E-state index in [4.69, 9.17) is 23.2 Å². The summed E-state index contributed by atoms with van der Waals surface area (Å²) in [5.74, 6) is -0.783. The Morgan fingerprint density at radius 2 is 1.62 bits per heavy atom. The highest BCUT2D eigenvalue weighted by molar-refractivity contribution is 7.92. The Morgan fingerprint density at radius 3 is 2.26 bits per heavy atom. The van der Waals surface area contributed by atoms with Gasteiger partial charge in [0.1, 0.15) is 12.6 Å². The molecule has 0 aliphatic heterocycles. The molecular weight excluding hydrogens is 593 g/mol. The Balaban J connectivity index is 1.74. The van der Waals surface area contributed by atoms with Crippen LogP contribution in [0, 0.1) is 6.92 Å². The molecule has 2 amide bonds. The molecule has 7 nitrogen and oxygen atoms in total. The first-order chi connectivity index (χ1) is 20.0. The largest absolute Gasteiger partial charge is 0.352 e. The smallest absolute Gasteiger partial charge is 0.244 e. The van der Waals surface area contributed by atoms with Crippen molar-refractivity contribution < 1.29 is 18.0 Å². The number of halogens is 2. The van der Waals surface area contributed by atoms with Gasteiger partial charge in [-0.15, -0.1) is 0 Å². The number of aryl methyl sites for hydroxylation is 1. The zero-order chi connectivity index (χ0) is 30.3. The summed E-state index contributed by atoms with van der Waals surface area (Å²) in [6.45, 7) is 1.28. The van der Waals surface area contributed by atoms with Gasteiger partial charge in [0.25, 0.3) is 0 Å². The molecule has 0 spiro atoms. The third-order valence-electron chi connectivity index (χ3n) is 7.63. The number of nitrogens with zero attached hydrogens (tertiary/aromatic N) is 2. The van der Waals surface area contributed by atoms with Crippen LogP contribution in [0.1, 0.15) is 48.8 Å². The van der Waals surface area contributed by atoms with Gasteiger partial charge in [0.05, 0.1) is 11.9 Å². The fourth-order valence-corrected chi connectivity index (χ4v) is 6.73. The number of carbonyl (C=O) groups excluding carboxylic acids is 2. The summed E-state index contributed by atoms with van der Waals surface area (Å²) in [7, 11) is -3.87. The molecule has 0 radical (unpaired) electrons. The van der Waals surface area contributed by atoms with Crippen molar-refractivity contribution in [3.8, 4) is 0 Å². The van der Waals surface area contributed by atoms with Crippen LogP contribution in [0.15, 0.2) is 72.8 Å². The van der Waals surface area contributed by atoms with Crippen LogP contribution in [-0.4, -0.2) is 50.0 Å². The Bertz CT molecular complexity index is 1490. The lowest BCUT2D eigenvalue weighted by molar-refractivity contribution is -0.140. The van der Waals surface area contributed by atoms with Gasteiger partial charge in [-0.25, -0.2) is 8.42 Å². The molecule has 224 valence electrons. The average Bonchev–Trinajstić information content (AvgIpc) is 2.95. The normalized spacial score (nSPS) is 14.7. The van der Waals surface area contributed by atoms with Gasteiger partial charge in [-0.05, 0) is 60.7 Å². The molecule has 3 aromatic rings. The molecule has 42 heavy (non-hydrogen) atoms. The summed E-state index contributed by atoms with van der Waals surface area (Å²) in [4.78, 5) is 29.7. The number of carbonyl (C=O) groups is 2. The van der Waals surface area contributed by atoms with E-state index in [1.807, 2.05) is 36.4 Å². The topological polar surface area (TPSA) is 86.8 Å². The van der Waals surface area contributed by atoms with Crippen molar-refractivity contribution in [2.45, 2.75) is 64.1 Å². The van der Waals surface area contributed by atoms with Crippen LogP contribution < -0.4 is 9.62 Å². The molecule has 1 atom stereocenters. The number of amides is 2. The van der Waals surface area contributed by atoms with E-state index >= 15 is 0 Å². The number of hydrogen-bond donors (Lipinski definition) is 1. The summed E-state index contributed by atoms with van der Waals surface area (Å²) in [6, 6.07) is 20.6. The number of rotatable bonds is 11. The van der Waals surface area contributed by atoms with Crippen molar-refractivity contribution in [3.63, 3.8) is 0 Å². The van der Waals surface area contributed by atoms with E-state index in [2.05, 4.69) is 5.32 Å². The third kappa shape index (κ3) is 8.49. The van der Waals surface area contributed by atoms with E-state index in [-0.39, 0.29) is 24.9 Å². The highest BCUT2D eigenvalue weighted by Crippen LogP contribution is 2.27. The predicted molar refractivity (Wildman–Crippen MR) is 169 cm³/mol. The number of benzene rings is 3. The Morgan fingerprint density at radius 1 is 0.952 bits per heavy atom. The minimum absolute atomic E-state index is 0.0330. The van der Waals surface area contributed by atoms with E-state index in [1.54, 1.807) is 43.3 Å². The first kappa shape index (κ1) is 31.9. The number of nitrogens with one attached hydrogen (secondary N) is 1. The number of hydrogen-bond acceptors (Lipinski definition) is 4. The standard InChI is InChI=1S/C32H37Cl2N3O4S/c1-23-19-26(33)17-18-29(23)37(42(2,40)41)22-31(38)36(21-25-13-9-10-16-28(25)34)30(20-24-11-5-3-6-12-24)32(39)35-27-14-7-4-8-15-27/h3,5-6,9-13,16-19,27,30H,4,7-8,14-15,20-22H2,1-2H3,(H,35,39). The van der Waals surface area contributed by atoms with Gasteiger partial charge < -0.3 is 10.2 Å². The second-order valence-corrected chi connectivity index (χ2v) is 13.6. The van der Waals surface area contributed by atoms with Crippen LogP contribution in [0.4, 0.5) is 5.69 Å². The molecule has 0 bridgehead atoms. The minimum atomic E-state index is -3.87. The molecule has 4 rings (SSSR count). The Kier molecular flexibility index (Phi) is 10.9. The minimum Gasteiger partial charge on any atom is -0.352 e. The fourth-order valence-electron chi connectivity index (χ4n) is 5.40. The van der Waals surface area contributed by atoms with Crippen LogP contribution in [0.5, 0.6) is 0 Å². The SMILES string of the molecule is Cc1cc(Cl)ccc1N(CC(=O)N(Cc1ccccc1Cl)C(Cc1ccccc1)C(=O)NC1CCCCC1)S(C)(=O)=O. The lowest BCUT2D eigenvalue weighted by Crippen LogP contribution is -2.55. The average molecular weight is 631 g/mol. The molecule has 0 heterocycles.